The maximum atomic E-state index is 11.0. The van der Waals surface area contributed by atoms with Crippen molar-refractivity contribution in [1.82, 2.24) is 5.32 Å². The summed E-state index contributed by atoms with van der Waals surface area (Å²) < 4.78 is 4.42. The molecule has 2 saturated carbocycles. The van der Waals surface area contributed by atoms with Gasteiger partial charge in [0.1, 0.15) is 6.04 Å². The summed E-state index contributed by atoms with van der Waals surface area (Å²) in [6, 6.07) is -0.787. The number of fused-ring (bicyclic) bond motifs is 1. The number of hydrogen-bond acceptors (Lipinski definition) is 3. The summed E-state index contributed by atoms with van der Waals surface area (Å²) in [5, 5.41) is 11.4. The Morgan fingerprint density at radius 2 is 1.93 bits per heavy atom. The van der Waals surface area contributed by atoms with E-state index in [1.54, 1.807) is 0 Å². The highest BCUT2D eigenvalue weighted by Crippen LogP contribution is 2.55. The van der Waals surface area contributed by atoms with Crippen LogP contribution in [0.1, 0.15) is 19.3 Å². The van der Waals surface area contributed by atoms with E-state index in [0.717, 1.165) is 12.8 Å². The van der Waals surface area contributed by atoms with E-state index in [0.29, 0.717) is 11.8 Å². The number of methoxy groups -OCH3 is 1. The quantitative estimate of drug-likeness (QED) is 0.728. The number of carbonyl (C=O) groups excluding carboxylic acids is 1. The minimum absolute atomic E-state index is 0.0744. The molecule has 0 aliphatic heterocycles. The second-order valence-electron chi connectivity index (χ2n) is 4.44. The third-order valence-corrected chi connectivity index (χ3v) is 3.48. The molecule has 0 aromatic carbocycles. The summed E-state index contributed by atoms with van der Waals surface area (Å²) in [5.41, 5.74) is 0. The lowest BCUT2D eigenvalue weighted by molar-refractivity contribution is -0.140. The first-order valence-electron chi connectivity index (χ1n) is 5.19. The van der Waals surface area contributed by atoms with Gasteiger partial charge in [-0.25, -0.2) is 9.59 Å². The first-order chi connectivity index (χ1) is 7.11. The molecular weight excluding hydrogens is 198 g/mol. The second kappa shape index (κ2) is 3.72. The number of amides is 1. The molecule has 0 aromatic heterocycles. The highest BCUT2D eigenvalue weighted by Gasteiger charge is 2.49. The summed E-state index contributed by atoms with van der Waals surface area (Å²) in [4.78, 5) is 22.0. The second-order valence-corrected chi connectivity index (χ2v) is 4.44. The van der Waals surface area contributed by atoms with Gasteiger partial charge >= 0.3 is 12.1 Å². The average molecular weight is 213 g/mol. The fraction of sp³-hybridized carbons (Fsp3) is 0.800. The van der Waals surface area contributed by atoms with Crippen molar-refractivity contribution in [2.24, 2.45) is 17.8 Å². The molecule has 84 valence electrons. The molecule has 4 atom stereocenters. The predicted molar refractivity (Wildman–Crippen MR) is 51.3 cm³/mol. The molecule has 15 heavy (non-hydrogen) atoms. The number of carbonyl (C=O) groups is 2. The molecule has 5 heteroatoms. The topological polar surface area (TPSA) is 75.6 Å². The van der Waals surface area contributed by atoms with Gasteiger partial charge in [-0.1, -0.05) is 0 Å². The van der Waals surface area contributed by atoms with Crippen LogP contribution in [0.15, 0.2) is 0 Å². The van der Waals surface area contributed by atoms with Gasteiger partial charge in [0, 0.05) is 0 Å². The zero-order chi connectivity index (χ0) is 11.0. The molecule has 2 rings (SSSR count). The van der Waals surface area contributed by atoms with Gasteiger partial charge in [-0.15, -0.1) is 0 Å². The van der Waals surface area contributed by atoms with Gasteiger partial charge < -0.3 is 15.2 Å². The summed E-state index contributed by atoms with van der Waals surface area (Å²) in [6.45, 7) is 0. The van der Waals surface area contributed by atoms with Crippen LogP contribution < -0.4 is 5.32 Å². The Hall–Kier alpha value is -1.26. The minimum atomic E-state index is -0.966. The Morgan fingerprint density at radius 3 is 2.40 bits per heavy atom. The summed E-state index contributed by atoms with van der Waals surface area (Å²) in [7, 11) is 1.24. The number of rotatable bonds is 3. The van der Waals surface area contributed by atoms with Gasteiger partial charge in [-0.05, 0) is 37.0 Å². The fourth-order valence-electron chi connectivity index (χ4n) is 2.60. The number of carboxylic acids is 1. The van der Waals surface area contributed by atoms with E-state index in [4.69, 9.17) is 5.11 Å². The van der Waals surface area contributed by atoms with E-state index in [9.17, 15) is 9.59 Å². The standard InChI is InChI=1S/C10H15NO4/c1-15-10(14)11-8(9(12)13)7-3-5-2-6(5)4-7/h5-8H,2-4H2,1H3,(H,11,14)(H,12,13)/t5-,6+,7?,8?. The smallest absolute Gasteiger partial charge is 0.407 e. The lowest BCUT2D eigenvalue weighted by atomic mass is 9.94. The largest absolute Gasteiger partial charge is 0.480 e. The predicted octanol–water partition coefficient (Wildman–Crippen LogP) is 0.842. The Balaban J connectivity index is 1.93. The minimum Gasteiger partial charge on any atom is -0.480 e. The third kappa shape index (κ3) is 2.06. The van der Waals surface area contributed by atoms with Crippen LogP contribution in [-0.2, 0) is 9.53 Å². The van der Waals surface area contributed by atoms with E-state index in [2.05, 4.69) is 10.1 Å². The van der Waals surface area contributed by atoms with E-state index >= 15 is 0 Å². The number of carboxylic acid groups (broad SMARTS) is 1. The summed E-state index contributed by atoms with van der Waals surface area (Å²) in [5.74, 6) is 0.518. The van der Waals surface area contributed by atoms with Gasteiger partial charge in [0.15, 0.2) is 0 Å². The van der Waals surface area contributed by atoms with E-state index in [1.807, 2.05) is 0 Å². The monoisotopic (exact) mass is 213 g/mol. The van der Waals surface area contributed by atoms with Crippen LogP contribution in [0.3, 0.4) is 0 Å². The molecule has 0 aromatic rings. The van der Waals surface area contributed by atoms with Crippen molar-refractivity contribution >= 4 is 12.1 Å². The molecule has 0 saturated heterocycles. The Kier molecular flexibility index (Phi) is 2.54. The van der Waals surface area contributed by atoms with Crippen LogP contribution in [0, 0.1) is 17.8 Å². The number of nitrogens with one attached hydrogen (secondary N) is 1. The molecule has 0 heterocycles. The highest BCUT2D eigenvalue weighted by atomic mass is 16.5. The number of ether oxygens (including phenoxy) is 1. The zero-order valence-electron chi connectivity index (χ0n) is 8.60. The van der Waals surface area contributed by atoms with Crippen LogP contribution in [0.2, 0.25) is 0 Å². The van der Waals surface area contributed by atoms with Gasteiger partial charge in [0.2, 0.25) is 0 Å². The van der Waals surface area contributed by atoms with E-state index in [1.165, 1.54) is 13.5 Å². The van der Waals surface area contributed by atoms with Crippen LogP contribution in [0.25, 0.3) is 0 Å². The Bertz CT molecular complexity index is 281. The highest BCUT2D eigenvalue weighted by molar-refractivity contribution is 5.80. The molecule has 2 unspecified atom stereocenters. The maximum absolute atomic E-state index is 11.0. The molecule has 0 bridgehead atoms. The zero-order valence-corrected chi connectivity index (χ0v) is 8.60. The van der Waals surface area contributed by atoms with Crippen molar-refractivity contribution in [3.8, 4) is 0 Å². The van der Waals surface area contributed by atoms with E-state index < -0.39 is 18.1 Å². The van der Waals surface area contributed by atoms with Crippen molar-refractivity contribution < 1.29 is 19.4 Å². The first kappa shape index (κ1) is 10.3. The number of alkyl carbamates (subject to hydrolysis) is 1. The molecule has 1 amide bonds. The molecule has 2 fully saturated rings. The van der Waals surface area contributed by atoms with Gasteiger partial charge in [0.05, 0.1) is 7.11 Å². The van der Waals surface area contributed by atoms with Gasteiger partial charge in [-0.3, -0.25) is 0 Å². The van der Waals surface area contributed by atoms with Crippen molar-refractivity contribution in [2.45, 2.75) is 25.3 Å². The van der Waals surface area contributed by atoms with Crippen molar-refractivity contribution in [2.75, 3.05) is 7.11 Å². The van der Waals surface area contributed by atoms with Crippen LogP contribution >= 0.6 is 0 Å². The number of aliphatic carboxylic acids is 1. The molecular formula is C10H15NO4. The summed E-state index contributed by atoms with van der Waals surface area (Å²) in [6.07, 6.45) is 2.42. The fourth-order valence-corrected chi connectivity index (χ4v) is 2.60. The molecule has 2 N–H and O–H groups in total. The molecule has 2 aliphatic carbocycles. The third-order valence-electron chi connectivity index (χ3n) is 3.48. The SMILES string of the molecule is COC(=O)NC(C(=O)O)C1C[C@@H]2C[C@@H]2C1. The Labute approximate surface area is 87.8 Å². The van der Waals surface area contributed by atoms with Gasteiger partial charge in [0.25, 0.3) is 0 Å². The molecule has 5 nitrogen and oxygen atoms in total. The molecule has 0 spiro atoms. The Morgan fingerprint density at radius 1 is 1.33 bits per heavy atom. The summed E-state index contributed by atoms with van der Waals surface area (Å²) >= 11 is 0. The van der Waals surface area contributed by atoms with E-state index in [-0.39, 0.29) is 5.92 Å². The molecule has 2 aliphatic rings. The van der Waals surface area contributed by atoms with Crippen molar-refractivity contribution in [3.63, 3.8) is 0 Å². The lowest BCUT2D eigenvalue weighted by Gasteiger charge is -2.21. The lowest BCUT2D eigenvalue weighted by Crippen LogP contribution is -2.45. The van der Waals surface area contributed by atoms with Crippen LogP contribution in [0.4, 0.5) is 4.79 Å². The molecule has 0 radical (unpaired) electrons. The normalized spacial score (nSPS) is 34.1. The van der Waals surface area contributed by atoms with Crippen molar-refractivity contribution in [1.29, 1.82) is 0 Å². The number of hydrogen-bond donors (Lipinski definition) is 2. The maximum Gasteiger partial charge on any atom is 0.407 e. The van der Waals surface area contributed by atoms with Crippen molar-refractivity contribution in [3.05, 3.63) is 0 Å². The van der Waals surface area contributed by atoms with Crippen LogP contribution in [-0.4, -0.2) is 30.3 Å². The van der Waals surface area contributed by atoms with Gasteiger partial charge in [-0.2, -0.15) is 0 Å². The first-order valence-corrected chi connectivity index (χ1v) is 5.19. The average Bonchev–Trinajstić information content (AvgIpc) is 2.81. The van der Waals surface area contributed by atoms with Crippen LogP contribution in [0.5, 0.6) is 0 Å².